The number of benzene rings is 3. The highest BCUT2D eigenvalue weighted by Crippen LogP contribution is 2.19. The Morgan fingerprint density at radius 3 is 2.12 bits per heavy atom. The maximum atomic E-state index is 6.01. The lowest BCUT2D eigenvalue weighted by atomic mass is 10.2. The Morgan fingerprint density at radius 1 is 0.808 bits per heavy atom. The van der Waals surface area contributed by atoms with E-state index in [0.717, 1.165) is 28.3 Å². The predicted molar refractivity (Wildman–Crippen MR) is 106 cm³/mol. The van der Waals surface area contributed by atoms with Crippen molar-refractivity contribution in [2.24, 2.45) is 4.99 Å². The van der Waals surface area contributed by atoms with Gasteiger partial charge in [0.2, 0.25) is 5.90 Å². The summed E-state index contributed by atoms with van der Waals surface area (Å²) in [7, 11) is 0. The van der Waals surface area contributed by atoms with Crippen molar-refractivity contribution >= 4 is 11.6 Å². The zero-order valence-electron chi connectivity index (χ0n) is 14.9. The van der Waals surface area contributed by atoms with E-state index in [1.54, 1.807) is 6.26 Å². The molecule has 3 nitrogen and oxygen atoms in total. The average Bonchev–Trinajstić information content (AvgIpc) is 2.67. The molecule has 0 spiro atoms. The van der Waals surface area contributed by atoms with Crippen LogP contribution in [0.4, 0.5) is 5.69 Å². The van der Waals surface area contributed by atoms with Gasteiger partial charge in [-0.2, -0.15) is 0 Å². The fraction of sp³-hybridized carbons (Fsp3) is 0.0870. The molecule has 0 radical (unpaired) electrons. The largest absolute Gasteiger partial charge is 0.465 e. The first-order chi connectivity index (χ1) is 12.7. The lowest BCUT2D eigenvalue weighted by Crippen LogP contribution is -2.10. The van der Waals surface area contributed by atoms with Crippen LogP contribution in [0.15, 0.2) is 102 Å². The molecular formula is C23H21NO2. The summed E-state index contributed by atoms with van der Waals surface area (Å²) in [6, 6.07) is 27.2. The fourth-order valence-electron chi connectivity index (χ4n) is 2.31. The van der Waals surface area contributed by atoms with Gasteiger partial charge in [-0.25, -0.2) is 4.99 Å². The maximum Gasteiger partial charge on any atom is 0.225 e. The Labute approximate surface area is 154 Å². The molecule has 0 amide bonds. The Balaban J connectivity index is 1.88. The number of rotatable bonds is 5. The van der Waals surface area contributed by atoms with Gasteiger partial charge >= 0.3 is 0 Å². The number of ether oxygens (including phenoxy) is 2. The maximum absolute atomic E-state index is 6.01. The van der Waals surface area contributed by atoms with Gasteiger partial charge in [0.1, 0.15) is 11.5 Å². The molecule has 0 heterocycles. The molecule has 0 saturated carbocycles. The molecule has 0 unspecified atom stereocenters. The van der Waals surface area contributed by atoms with Crippen LogP contribution in [-0.4, -0.2) is 5.90 Å². The molecule has 0 atom stereocenters. The molecule has 0 bridgehead atoms. The first-order valence-corrected chi connectivity index (χ1v) is 8.48. The van der Waals surface area contributed by atoms with Crippen molar-refractivity contribution in [1.29, 1.82) is 0 Å². The van der Waals surface area contributed by atoms with Crippen LogP contribution < -0.4 is 9.47 Å². The summed E-state index contributed by atoms with van der Waals surface area (Å²) in [6.07, 6.45) is 1.66. The highest BCUT2D eigenvalue weighted by Gasteiger charge is 2.08. The molecule has 0 aliphatic rings. The Bertz CT molecular complexity index is 900. The Morgan fingerprint density at radius 2 is 1.46 bits per heavy atom. The van der Waals surface area contributed by atoms with E-state index in [1.165, 1.54) is 0 Å². The van der Waals surface area contributed by atoms with Gasteiger partial charge in [0, 0.05) is 5.57 Å². The van der Waals surface area contributed by atoms with Crippen LogP contribution >= 0.6 is 0 Å². The van der Waals surface area contributed by atoms with Crippen molar-refractivity contribution < 1.29 is 9.47 Å². The topological polar surface area (TPSA) is 30.8 Å². The van der Waals surface area contributed by atoms with Gasteiger partial charge in [0.05, 0.1) is 11.9 Å². The fourth-order valence-corrected chi connectivity index (χ4v) is 2.31. The van der Waals surface area contributed by atoms with Crippen LogP contribution in [0.2, 0.25) is 0 Å². The van der Waals surface area contributed by atoms with Crippen molar-refractivity contribution in [1.82, 2.24) is 0 Å². The molecule has 0 fully saturated rings. The number of aliphatic imine (C=N–C) groups is 1. The van der Waals surface area contributed by atoms with E-state index in [0.29, 0.717) is 5.90 Å². The summed E-state index contributed by atoms with van der Waals surface area (Å²) in [6.45, 7) is 3.96. The van der Waals surface area contributed by atoms with E-state index >= 15 is 0 Å². The van der Waals surface area contributed by atoms with Crippen LogP contribution in [-0.2, 0) is 0 Å². The van der Waals surface area contributed by atoms with Crippen LogP contribution in [0.25, 0.3) is 0 Å². The van der Waals surface area contributed by atoms with E-state index in [1.807, 2.05) is 98.8 Å². The van der Waals surface area contributed by atoms with Gasteiger partial charge in [-0.1, -0.05) is 48.5 Å². The van der Waals surface area contributed by atoms with Crippen molar-refractivity contribution in [3.8, 4) is 11.5 Å². The third-order valence-corrected chi connectivity index (χ3v) is 3.64. The molecule has 3 aromatic carbocycles. The Hall–Kier alpha value is -3.33. The minimum Gasteiger partial charge on any atom is -0.465 e. The zero-order valence-corrected chi connectivity index (χ0v) is 14.9. The number of hydrogen-bond acceptors (Lipinski definition) is 3. The highest BCUT2D eigenvalue weighted by molar-refractivity contribution is 5.96. The first-order valence-electron chi connectivity index (χ1n) is 8.48. The van der Waals surface area contributed by atoms with E-state index in [4.69, 9.17) is 9.47 Å². The molecule has 0 aromatic heterocycles. The minimum atomic E-state index is 0.498. The summed E-state index contributed by atoms with van der Waals surface area (Å²) >= 11 is 0. The molecule has 0 N–H and O–H groups in total. The monoisotopic (exact) mass is 343 g/mol. The first kappa shape index (κ1) is 17.5. The SMILES string of the molecule is CC(=COc1ccccc1)C(=Nc1cccc(C)c1)Oc1ccccc1. The standard InChI is InChI=1S/C23H21NO2/c1-18-10-9-11-20(16-18)24-23(26-22-14-7-4-8-15-22)19(2)17-25-21-12-5-3-6-13-21/h3-17H,1-2H3. The summed E-state index contributed by atoms with van der Waals surface area (Å²) in [4.78, 5) is 4.67. The van der Waals surface area contributed by atoms with E-state index in [9.17, 15) is 0 Å². The molecule has 130 valence electrons. The molecular weight excluding hydrogens is 322 g/mol. The van der Waals surface area contributed by atoms with Gasteiger partial charge < -0.3 is 9.47 Å². The van der Waals surface area contributed by atoms with Crippen LogP contribution in [0.1, 0.15) is 12.5 Å². The van der Waals surface area contributed by atoms with E-state index < -0.39 is 0 Å². The summed E-state index contributed by atoms with van der Waals surface area (Å²) in [5.74, 6) is 1.99. The summed E-state index contributed by atoms with van der Waals surface area (Å²) in [5.41, 5.74) is 2.77. The number of para-hydroxylation sites is 2. The number of aryl methyl sites for hydroxylation is 1. The van der Waals surface area contributed by atoms with Crippen molar-refractivity contribution in [3.63, 3.8) is 0 Å². The van der Waals surface area contributed by atoms with Crippen molar-refractivity contribution in [2.45, 2.75) is 13.8 Å². The number of nitrogens with zero attached hydrogens (tertiary/aromatic N) is 1. The third-order valence-electron chi connectivity index (χ3n) is 3.64. The highest BCUT2D eigenvalue weighted by atomic mass is 16.5. The molecule has 3 aromatic rings. The quantitative estimate of drug-likeness (QED) is 0.319. The molecule has 3 rings (SSSR count). The lowest BCUT2D eigenvalue weighted by Gasteiger charge is -2.10. The molecule has 0 aliphatic carbocycles. The minimum absolute atomic E-state index is 0.498. The van der Waals surface area contributed by atoms with Gasteiger partial charge in [0.15, 0.2) is 0 Å². The second-order valence-corrected chi connectivity index (χ2v) is 5.90. The van der Waals surface area contributed by atoms with E-state index in [2.05, 4.69) is 4.99 Å². The van der Waals surface area contributed by atoms with Gasteiger partial charge in [0.25, 0.3) is 0 Å². The zero-order chi connectivity index (χ0) is 18.2. The normalized spacial score (nSPS) is 11.9. The second kappa shape index (κ2) is 8.67. The summed E-state index contributed by atoms with van der Waals surface area (Å²) < 4.78 is 11.7. The molecule has 26 heavy (non-hydrogen) atoms. The van der Waals surface area contributed by atoms with Crippen LogP contribution in [0.5, 0.6) is 11.5 Å². The van der Waals surface area contributed by atoms with E-state index in [-0.39, 0.29) is 0 Å². The summed E-state index contributed by atoms with van der Waals surface area (Å²) in [5, 5.41) is 0. The van der Waals surface area contributed by atoms with Gasteiger partial charge in [-0.05, 0) is 55.8 Å². The van der Waals surface area contributed by atoms with Crippen LogP contribution in [0.3, 0.4) is 0 Å². The molecule has 0 saturated heterocycles. The Kier molecular flexibility index (Phi) is 5.84. The molecule has 3 heteroatoms. The van der Waals surface area contributed by atoms with Crippen molar-refractivity contribution in [3.05, 3.63) is 102 Å². The second-order valence-electron chi connectivity index (χ2n) is 5.90. The third kappa shape index (κ3) is 5.08. The lowest BCUT2D eigenvalue weighted by molar-refractivity contribution is 0.473. The van der Waals surface area contributed by atoms with Gasteiger partial charge in [-0.3, -0.25) is 0 Å². The molecule has 0 aliphatic heterocycles. The average molecular weight is 343 g/mol. The number of hydrogen-bond donors (Lipinski definition) is 0. The van der Waals surface area contributed by atoms with Crippen LogP contribution in [0, 0.1) is 6.92 Å². The predicted octanol–water partition coefficient (Wildman–Crippen LogP) is 6.09. The van der Waals surface area contributed by atoms with Gasteiger partial charge in [-0.15, -0.1) is 0 Å². The smallest absolute Gasteiger partial charge is 0.225 e. The van der Waals surface area contributed by atoms with Crippen molar-refractivity contribution in [2.75, 3.05) is 0 Å².